The van der Waals surface area contributed by atoms with Crippen LogP contribution in [-0.4, -0.2) is 24.7 Å². The average molecular weight is 262 g/mol. The fourth-order valence-corrected chi connectivity index (χ4v) is 2.35. The maximum Gasteiger partial charge on any atom is 0.222 e. The van der Waals surface area contributed by atoms with Crippen molar-refractivity contribution in [2.45, 2.75) is 37.8 Å². The van der Waals surface area contributed by atoms with Crippen LogP contribution in [0.25, 0.3) is 0 Å². The van der Waals surface area contributed by atoms with E-state index in [0.717, 1.165) is 25.0 Å². The first-order chi connectivity index (χ1) is 9.09. The zero-order valence-corrected chi connectivity index (χ0v) is 11.4. The predicted octanol–water partition coefficient (Wildman–Crippen LogP) is 1.76. The van der Waals surface area contributed by atoms with Crippen molar-refractivity contribution in [2.75, 3.05) is 13.2 Å². The first-order valence-corrected chi connectivity index (χ1v) is 6.80. The average Bonchev–Trinajstić information content (AvgIpc) is 2.85. The van der Waals surface area contributed by atoms with Crippen LogP contribution < -0.4 is 11.1 Å². The van der Waals surface area contributed by atoms with E-state index in [0.29, 0.717) is 13.0 Å². The monoisotopic (exact) mass is 262 g/mol. The van der Waals surface area contributed by atoms with Crippen molar-refractivity contribution >= 4 is 5.91 Å². The van der Waals surface area contributed by atoms with E-state index >= 15 is 0 Å². The van der Waals surface area contributed by atoms with Crippen LogP contribution >= 0.6 is 0 Å². The molecule has 19 heavy (non-hydrogen) atoms. The van der Waals surface area contributed by atoms with Gasteiger partial charge in [-0.15, -0.1) is 0 Å². The smallest absolute Gasteiger partial charge is 0.222 e. The number of hydrogen-bond donors (Lipinski definition) is 2. The van der Waals surface area contributed by atoms with Gasteiger partial charge in [-0.05, 0) is 25.3 Å². The standard InChI is InChI=1S/C15H22N2O2/c1-15(8-5-9-19-15)11-17-14(18)10-13(16)12-6-3-2-4-7-12/h2-4,6-7,13H,5,8-11,16H2,1H3,(H,17,18). The lowest BCUT2D eigenvalue weighted by molar-refractivity contribution is -0.122. The normalized spacial score (nSPS) is 24.1. The number of benzene rings is 1. The number of carbonyl (C=O) groups is 1. The van der Waals surface area contributed by atoms with E-state index in [1.54, 1.807) is 0 Å². The number of ether oxygens (including phenoxy) is 1. The molecule has 1 aliphatic heterocycles. The summed E-state index contributed by atoms with van der Waals surface area (Å²) in [6.07, 6.45) is 2.37. The summed E-state index contributed by atoms with van der Waals surface area (Å²) >= 11 is 0. The van der Waals surface area contributed by atoms with Crippen LogP contribution in [0.2, 0.25) is 0 Å². The Hall–Kier alpha value is -1.39. The first kappa shape index (κ1) is 14.0. The van der Waals surface area contributed by atoms with Gasteiger partial charge in [-0.1, -0.05) is 30.3 Å². The number of rotatable bonds is 5. The quantitative estimate of drug-likeness (QED) is 0.850. The Morgan fingerprint density at radius 2 is 2.21 bits per heavy atom. The molecule has 1 saturated heterocycles. The van der Waals surface area contributed by atoms with Gasteiger partial charge in [-0.2, -0.15) is 0 Å². The third kappa shape index (κ3) is 4.04. The summed E-state index contributed by atoms with van der Waals surface area (Å²) in [7, 11) is 0. The molecule has 1 heterocycles. The lowest BCUT2D eigenvalue weighted by Gasteiger charge is -2.23. The largest absolute Gasteiger partial charge is 0.373 e. The molecule has 0 aliphatic carbocycles. The molecule has 1 aromatic rings. The summed E-state index contributed by atoms with van der Waals surface area (Å²) in [5, 5.41) is 2.92. The molecule has 1 amide bonds. The number of amides is 1. The molecule has 4 heteroatoms. The van der Waals surface area contributed by atoms with Crippen molar-refractivity contribution in [3.8, 4) is 0 Å². The molecular formula is C15H22N2O2. The highest BCUT2D eigenvalue weighted by molar-refractivity contribution is 5.76. The van der Waals surface area contributed by atoms with Gasteiger partial charge in [0.25, 0.3) is 0 Å². The Bertz CT molecular complexity index is 413. The molecule has 1 fully saturated rings. The van der Waals surface area contributed by atoms with Crippen LogP contribution in [0.15, 0.2) is 30.3 Å². The summed E-state index contributed by atoms with van der Waals surface area (Å²) in [6.45, 7) is 3.39. The van der Waals surface area contributed by atoms with Crippen molar-refractivity contribution in [1.82, 2.24) is 5.32 Å². The van der Waals surface area contributed by atoms with Gasteiger partial charge < -0.3 is 15.8 Å². The van der Waals surface area contributed by atoms with E-state index in [4.69, 9.17) is 10.5 Å². The molecule has 0 aromatic heterocycles. The molecule has 0 spiro atoms. The summed E-state index contributed by atoms with van der Waals surface area (Å²) in [5.41, 5.74) is 6.81. The van der Waals surface area contributed by atoms with Crippen molar-refractivity contribution in [2.24, 2.45) is 5.73 Å². The van der Waals surface area contributed by atoms with Crippen molar-refractivity contribution < 1.29 is 9.53 Å². The van der Waals surface area contributed by atoms with Gasteiger partial charge >= 0.3 is 0 Å². The molecule has 1 aliphatic rings. The molecule has 2 atom stereocenters. The third-order valence-corrected chi connectivity index (χ3v) is 3.59. The highest BCUT2D eigenvalue weighted by Crippen LogP contribution is 2.24. The summed E-state index contributed by atoms with van der Waals surface area (Å²) in [6, 6.07) is 9.44. The first-order valence-electron chi connectivity index (χ1n) is 6.80. The number of carbonyl (C=O) groups excluding carboxylic acids is 1. The molecule has 4 nitrogen and oxygen atoms in total. The molecule has 104 valence electrons. The SMILES string of the molecule is CC1(CNC(=O)CC(N)c2ccccc2)CCCO1. The minimum atomic E-state index is -0.251. The van der Waals surface area contributed by atoms with Crippen molar-refractivity contribution in [3.05, 3.63) is 35.9 Å². The minimum Gasteiger partial charge on any atom is -0.373 e. The Morgan fingerprint density at radius 3 is 2.84 bits per heavy atom. The number of hydrogen-bond acceptors (Lipinski definition) is 3. The predicted molar refractivity (Wildman–Crippen MR) is 74.6 cm³/mol. The Kier molecular flexibility index (Phi) is 4.56. The minimum absolute atomic E-state index is 0.0203. The van der Waals surface area contributed by atoms with Gasteiger partial charge in [-0.25, -0.2) is 0 Å². The molecule has 0 bridgehead atoms. The van der Waals surface area contributed by atoms with Gasteiger partial charge in [0, 0.05) is 25.6 Å². The second-order valence-corrected chi connectivity index (χ2v) is 5.40. The van der Waals surface area contributed by atoms with Crippen molar-refractivity contribution in [1.29, 1.82) is 0 Å². The van der Waals surface area contributed by atoms with Gasteiger partial charge in [0.15, 0.2) is 0 Å². The molecule has 0 radical (unpaired) electrons. The van der Waals surface area contributed by atoms with E-state index in [1.807, 2.05) is 37.3 Å². The second kappa shape index (κ2) is 6.17. The number of nitrogens with one attached hydrogen (secondary N) is 1. The Balaban J connectivity index is 1.78. The van der Waals surface area contributed by atoms with Crippen LogP contribution in [0.4, 0.5) is 0 Å². The maximum atomic E-state index is 11.9. The molecule has 1 aromatic carbocycles. The highest BCUT2D eigenvalue weighted by atomic mass is 16.5. The maximum absolute atomic E-state index is 11.9. The molecule has 2 rings (SSSR count). The lowest BCUT2D eigenvalue weighted by Crippen LogP contribution is -2.40. The molecule has 3 N–H and O–H groups in total. The highest BCUT2D eigenvalue weighted by Gasteiger charge is 2.30. The van der Waals surface area contributed by atoms with Crippen LogP contribution in [0.5, 0.6) is 0 Å². The van der Waals surface area contributed by atoms with Crippen LogP contribution in [-0.2, 0) is 9.53 Å². The van der Waals surface area contributed by atoms with E-state index in [9.17, 15) is 4.79 Å². The van der Waals surface area contributed by atoms with Crippen LogP contribution in [0, 0.1) is 0 Å². The van der Waals surface area contributed by atoms with E-state index < -0.39 is 0 Å². The van der Waals surface area contributed by atoms with Crippen LogP contribution in [0.1, 0.15) is 37.8 Å². The Morgan fingerprint density at radius 1 is 1.47 bits per heavy atom. The van der Waals surface area contributed by atoms with Gasteiger partial charge in [0.05, 0.1) is 5.60 Å². The molecule has 2 unspecified atom stereocenters. The van der Waals surface area contributed by atoms with E-state index in [-0.39, 0.29) is 17.6 Å². The van der Waals surface area contributed by atoms with Gasteiger partial charge in [0.1, 0.15) is 0 Å². The van der Waals surface area contributed by atoms with Gasteiger partial charge in [0.2, 0.25) is 5.91 Å². The zero-order valence-electron chi connectivity index (χ0n) is 11.4. The Labute approximate surface area is 114 Å². The van der Waals surface area contributed by atoms with Crippen molar-refractivity contribution in [3.63, 3.8) is 0 Å². The van der Waals surface area contributed by atoms with E-state index in [1.165, 1.54) is 0 Å². The fourth-order valence-electron chi connectivity index (χ4n) is 2.35. The summed E-state index contributed by atoms with van der Waals surface area (Å²) in [5.74, 6) is -0.0203. The molecule has 0 saturated carbocycles. The van der Waals surface area contributed by atoms with E-state index in [2.05, 4.69) is 5.32 Å². The fraction of sp³-hybridized carbons (Fsp3) is 0.533. The molecular weight excluding hydrogens is 240 g/mol. The topological polar surface area (TPSA) is 64.4 Å². The zero-order chi connectivity index (χ0) is 13.7. The number of nitrogens with two attached hydrogens (primary N) is 1. The third-order valence-electron chi connectivity index (χ3n) is 3.59. The van der Waals surface area contributed by atoms with Crippen LogP contribution in [0.3, 0.4) is 0 Å². The lowest BCUT2D eigenvalue weighted by atomic mass is 10.0. The summed E-state index contributed by atoms with van der Waals surface area (Å²) in [4.78, 5) is 11.9. The second-order valence-electron chi connectivity index (χ2n) is 5.40. The van der Waals surface area contributed by atoms with Gasteiger partial charge in [-0.3, -0.25) is 4.79 Å². The summed E-state index contributed by atoms with van der Waals surface area (Å²) < 4.78 is 5.63.